The molecule has 0 spiro atoms. The number of pyridine rings is 1. The molecule has 3 aromatic rings. The van der Waals surface area contributed by atoms with Crippen molar-refractivity contribution < 1.29 is 8.42 Å². The molecule has 0 unspecified atom stereocenters. The molecule has 0 amide bonds. The Balaban J connectivity index is 1.66. The summed E-state index contributed by atoms with van der Waals surface area (Å²) in [4.78, 5) is 9.86. The van der Waals surface area contributed by atoms with Gasteiger partial charge in [0.15, 0.2) is 0 Å². The highest BCUT2D eigenvalue weighted by Crippen LogP contribution is 2.27. The minimum absolute atomic E-state index is 0.225. The number of sulfonamides is 1. The monoisotopic (exact) mass is 399 g/mol. The van der Waals surface area contributed by atoms with E-state index in [1.54, 1.807) is 12.3 Å². The molecule has 9 heteroatoms. The summed E-state index contributed by atoms with van der Waals surface area (Å²) in [5.74, 6) is 0. The fourth-order valence-electron chi connectivity index (χ4n) is 2.07. The first-order valence-corrected chi connectivity index (χ1v) is 10.6. The lowest BCUT2D eigenvalue weighted by atomic mass is 10.3. The fraction of sp³-hybridized carbons (Fsp3) is 0.200. The van der Waals surface area contributed by atoms with Crippen LogP contribution in [0, 0.1) is 6.92 Å². The molecule has 5 nitrogen and oxygen atoms in total. The number of aryl methyl sites for hydroxylation is 1. The zero-order valence-electron chi connectivity index (χ0n) is 12.7. The number of aromatic nitrogens is 2. The predicted molar refractivity (Wildman–Crippen MR) is 98.3 cm³/mol. The lowest BCUT2D eigenvalue weighted by Gasteiger charge is -2.03. The van der Waals surface area contributed by atoms with Crippen molar-refractivity contribution in [1.82, 2.24) is 14.7 Å². The van der Waals surface area contributed by atoms with Crippen LogP contribution in [0.15, 0.2) is 40.7 Å². The molecule has 0 aliphatic heterocycles. The van der Waals surface area contributed by atoms with E-state index in [9.17, 15) is 8.42 Å². The lowest BCUT2D eigenvalue weighted by Crippen LogP contribution is -2.25. The Hall–Kier alpha value is -1.32. The van der Waals surface area contributed by atoms with Crippen molar-refractivity contribution in [1.29, 1.82) is 0 Å². The van der Waals surface area contributed by atoms with Crippen molar-refractivity contribution in [3.8, 4) is 10.7 Å². The third-order valence-electron chi connectivity index (χ3n) is 3.23. The van der Waals surface area contributed by atoms with Crippen LogP contribution in [0.2, 0.25) is 4.34 Å². The third-order valence-corrected chi connectivity index (χ3v) is 7.66. The van der Waals surface area contributed by atoms with E-state index in [1.165, 1.54) is 17.4 Å². The molecule has 126 valence electrons. The molecule has 24 heavy (non-hydrogen) atoms. The van der Waals surface area contributed by atoms with Gasteiger partial charge in [-0.15, -0.1) is 22.7 Å². The summed E-state index contributed by atoms with van der Waals surface area (Å²) in [5, 5.41) is 0.844. The Morgan fingerprint density at radius 3 is 2.71 bits per heavy atom. The molecule has 3 rings (SSSR count). The Bertz CT molecular complexity index is 936. The van der Waals surface area contributed by atoms with Crippen molar-refractivity contribution in [2.75, 3.05) is 6.54 Å². The molecule has 0 bridgehead atoms. The van der Waals surface area contributed by atoms with Crippen LogP contribution in [0.1, 0.15) is 10.6 Å². The summed E-state index contributed by atoms with van der Waals surface area (Å²) in [7, 11) is -3.51. The molecule has 3 heterocycles. The molecule has 1 N–H and O–H groups in total. The molecule has 0 radical (unpaired) electrons. The molecule has 0 atom stereocenters. The van der Waals surface area contributed by atoms with Crippen LogP contribution < -0.4 is 4.72 Å². The maximum absolute atomic E-state index is 12.2. The Labute approximate surface area is 153 Å². The van der Waals surface area contributed by atoms with Crippen molar-refractivity contribution >= 4 is 44.3 Å². The summed E-state index contributed by atoms with van der Waals surface area (Å²) >= 11 is 8.37. The minimum Gasteiger partial charge on any atom is -0.254 e. The van der Waals surface area contributed by atoms with Gasteiger partial charge in [-0.2, -0.15) is 0 Å². The Morgan fingerprint density at radius 1 is 1.21 bits per heavy atom. The topological polar surface area (TPSA) is 72.0 Å². The van der Waals surface area contributed by atoms with Crippen LogP contribution in [0.5, 0.6) is 0 Å². The number of thiophene rings is 1. The second kappa shape index (κ2) is 7.28. The number of rotatable bonds is 6. The summed E-state index contributed by atoms with van der Waals surface area (Å²) in [5.41, 5.74) is 1.73. The van der Waals surface area contributed by atoms with E-state index in [-0.39, 0.29) is 4.21 Å². The summed E-state index contributed by atoms with van der Waals surface area (Å²) in [6.45, 7) is 2.23. The maximum Gasteiger partial charge on any atom is 0.250 e. The van der Waals surface area contributed by atoms with Crippen LogP contribution in [0.4, 0.5) is 0 Å². The van der Waals surface area contributed by atoms with Crippen molar-refractivity contribution in [2.24, 2.45) is 0 Å². The van der Waals surface area contributed by atoms with Gasteiger partial charge in [0.2, 0.25) is 10.0 Å². The molecule has 0 saturated carbocycles. The van der Waals surface area contributed by atoms with Gasteiger partial charge in [-0.3, -0.25) is 4.98 Å². The SMILES string of the molecule is Cc1nc(-c2ccccn2)sc1CCNS(=O)(=O)c1ccc(Cl)s1. The van der Waals surface area contributed by atoms with Crippen molar-refractivity contribution in [3.63, 3.8) is 0 Å². The van der Waals surface area contributed by atoms with E-state index in [2.05, 4.69) is 14.7 Å². The predicted octanol–water partition coefficient (Wildman–Crippen LogP) is 3.75. The van der Waals surface area contributed by atoms with E-state index in [0.717, 1.165) is 32.6 Å². The maximum atomic E-state index is 12.2. The highest BCUT2D eigenvalue weighted by atomic mass is 35.5. The van der Waals surface area contributed by atoms with Gasteiger partial charge >= 0.3 is 0 Å². The van der Waals surface area contributed by atoms with E-state index < -0.39 is 10.0 Å². The summed E-state index contributed by atoms with van der Waals surface area (Å²) < 4.78 is 27.6. The molecular formula is C15H14ClN3O2S3. The zero-order valence-corrected chi connectivity index (χ0v) is 15.9. The molecule has 0 aliphatic carbocycles. The summed E-state index contributed by atoms with van der Waals surface area (Å²) in [6, 6.07) is 8.76. The summed E-state index contributed by atoms with van der Waals surface area (Å²) in [6.07, 6.45) is 2.31. The number of nitrogens with zero attached hydrogens (tertiary/aromatic N) is 2. The molecule has 0 saturated heterocycles. The number of hydrogen-bond donors (Lipinski definition) is 1. The van der Waals surface area contributed by atoms with Gasteiger partial charge < -0.3 is 0 Å². The van der Waals surface area contributed by atoms with Crippen molar-refractivity contribution in [2.45, 2.75) is 17.6 Å². The van der Waals surface area contributed by atoms with Crippen LogP contribution in [0.3, 0.4) is 0 Å². The van der Waals surface area contributed by atoms with Crippen LogP contribution in [0.25, 0.3) is 10.7 Å². The lowest BCUT2D eigenvalue weighted by molar-refractivity contribution is 0.584. The van der Waals surface area contributed by atoms with Gasteiger partial charge in [0, 0.05) is 17.6 Å². The number of halogens is 1. The number of thiazole rings is 1. The van der Waals surface area contributed by atoms with Gasteiger partial charge in [0.25, 0.3) is 0 Å². The first-order chi connectivity index (χ1) is 11.5. The number of hydrogen-bond acceptors (Lipinski definition) is 6. The second-order valence-electron chi connectivity index (χ2n) is 4.95. The molecule has 0 aromatic carbocycles. The minimum atomic E-state index is -3.51. The Morgan fingerprint density at radius 2 is 2.04 bits per heavy atom. The van der Waals surface area contributed by atoms with E-state index in [0.29, 0.717) is 17.3 Å². The Kier molecular flexibility index (Phi) is 5.31. The average Bonchev–Trinajstić information content (AvgIpc) is 3.15. The van der Waals surface area contributed by atoms with Gasteiger partial charge in [-0.25, -0.2) is 18.1 Å². The number of nitrogens with one attached hydrogen (secondary N) is 1. The molecule has 0 aliphatic rings. The van der Waals surface area contributed by atoms with Crippen molar-refractivity contribution in [3.05, 3.63) is 51.4 Å². The van der Waals surface area contributed by atoms with Gasteiger partial charge in [0.05, 0.1) is 15.7 Å². The van der Waals surface area contributed by atoms with Gasteiger partial charge in [0.1, 0.15) is 9.22 Å². The smallest absolute Gasteiger partial charge is 0.250 e. The van der Waals surface area contributed by atoms with Gasteiger partial charge in [-0.1, -0.05) is 17.7 Å². The third kappa shape index (κ3) is 4.01. The average molecular weight is 400 g/mol. The molecular weight excluding hydrogens is 386 g/mol. The highest BCUT2D eigenvalue weighted by molar-refractivity contribution is 7.91. The van der Waals surface area contributed by atoms with Crippen LogP contribution in [-0.2, 0) is 16.4 Å². The second-order valence-corrected chi connectivity index (χ2v) is 9.74. The van der Waals surface area contributed by atoms with Crippen LogP contribution in [-0.4, -0.2) is 24.9 Å². The molecule has 3 aromatic heterocycles. The van der Waals surface area contributed by atoms with E-state index >= 15 is 0 Å². The first kappa shape index (κ1) is 17.5. The zero-order chi connectivity index (χ0) is 17.2. The first-order valence-electron chi connectivity index (χ1n) is 7.08. The highest BCUT2D eigenvalue weighted by Gasteiger charge is 2.17. The standard InChI is InChI=1S/C15H14ClN3O2S3/c1-10-12(22-15(19-10)11-4-2-3-8-17-11)7-9-18-24(20,21)14-6-5-13(16)23-14/h2-6,8,18H,7,9H2,1H3. The normalized spacial score (nSPS) is 11.8. The van der Waals surface area contributed by atoms with Crippen LogP contribution >= 0.6 is 34.3 Å². The fourth-order valence-corrected chi connectivity index (χ4v) is 5.67. The largest absolute Gasteiger partial charge is 0.254 e. The van der Waals surface area contributed by atoms with E-state index in [4.69, 9.17) is 11.6 Å². The van der Waals surface area contributed by atoms with Gasteiger partial charge in [-0.05, 0) is 37.6 Å². The van der Waals surface area contributed by atoms with E-state index in [1.807, 2.05) is 25.1 Å². The quantitative estimate of drug-likeness (QED) is 0.685. The molecule has 0 fully saturated rings.